The number of nitrogens with one attached hydrogen (secondary N) is 1. The van der Waals surface area contributed by atoms with Gasteiger partial charge in [-0.25, -0.2) is 0 Å². The van der Waals surface area contributed by atoms with E-state index in [-0.39, 0.29) is 11.1 Å². The van der Waals surface area contributed by atoms with Crippen LogP contribution in [0.15, 0.2) is 23.2 Å². The largest absolute Gasteiger partial charge is 0.497 e. The molecule has 0 unspecified atom stereocenters. The summed E-state index contributed by atoms with van der Waals surface area (Å²) in [4.78, 5) is 5.10. The summed E-state index contributed by atoms with van der Waals surface area (Å²) in [7, 11) is 1.72. The number of fused-ring (bicyclic) bond motifs is 1. The molecule has 1 saturated carbocycles. The lowest BCUT2D eigenvalue weighted by atomic mass is 9.78. The second kappa shape index (κ2) is 5.04. The quantitative estimate of drug-likeness (QED) is 0.829. The summed E-state index contributed by atoms with van der Waals surface area (Å²) in [6, 6.07) is 6.31. The van der Waals surface area contributed by atoms with Crippen molar-refractivity contribution in [2.24, 2.45) is 4.99 Å². The van der Waals surface area contributed by atoms with Crippen LogP contribution in [0.5, 0.6) is 5.75 Å². The van der Waals surface area contributed by atoms with E-state index in [0.717, 1.165) is 5.75 Å². The molecule has 0 bridgehead atoms. The first-order valence-corrected chi connectivity index (χ1v) is 8.00. The minimum Gasteiger partial charge on any atom is -0.497 e. The third-order valence-corrected chi connectivity index (χ3v) is 4.46. The summed E-state index contributed by atoms with van der Waals surface area (Å²) in [5.74, 6) is 0.907. The monoisotopic (exact) mass is 286 g/mol. The molecule has 0 aromatic heterocycles. The third kappa shape index (κ3) is 2.66. The zero-order valence-electron chi connectivity index (χ0n) is 13.6. The number of hydrogen-bond acceptors (Lipinski definition) is 3. The van der Waals surface area contributed by atoms with Crippen molar-refractivity contribution < 1.29 is 4.74 Å². The average Bonchev–Trinajstić information content (AvgIpc) is 2.71. The molecule has 1 fully saturated rings. The van der Waals surface area contributed by atoms with Crippen LogP contribution in [0.25, 0.3) is 0 Å². The van der Waals surface area contributed by atoms with Crippen molar-refractivity contribution in [2.45, 2.75) is 64.0 Å². The summed E-state index contributed by atoms with van der Waals surface area (Å²) in [5.41, 5.74) is 3.68. The molecule has 114 valence electrons. The summed E-state index contributed by atoms with van der Waals surface area (Å²) in [6.45, 7) is 6.54. The Kier molecular flexibility index (Phi) is 3.46. The number of hydrogen-bond donors (Lipinski definition) is 1. The number of rotatable bonds is 1. The van der Waals surface area contributed by atoms with Gasteiger partial charge in [0, 0.05) is 17.3 Å². The van der Waals surface area contributed by atoms with Gasteiger partial charge in [0.1, 0.15) is 5.75 Å². The molecule has 0 amide bonds. The predicted octanol–water partition coefficient (Wildman–Crippen LogP) is 4.41. The highest BCUT2D eigenvalue weighted by Crippen LogP contribution is 2.43. The predicted molar refractivity (Wildman–Crippen MR) is 88.7 cm³/mol. The van der Waals surface area contributed by atoms with Crippen LogP contribution >= 0.6 is 0 Å². The van der Waals surface area contributed by atoms with Crippen LogP contribution in [-0.2, 0) is 0 Å². The molecule has 3 rings (SSSR count). The van der Waals surface area contributed by atoms with Crippen molar-refractivity contribution in [3.63, 3.8) is 0 Å². The topological polar surface area (TPSA) is 33.6 Å². The Labute approximate surface area is 127 Å². The average molecular weight is 286 g/mol. The number of nitrogens with zero attached hydrogens (tertiary/aromatic N) is 1. The third-order valence-electron chi connectivity index (χ3n) is 4.46. The Morgan fingerprint density at radius 2 is 1.86 bits per heavy atom. The van der Waals surface area contributed by atoms with Crippen LogP contribution in [0, 0.1) is 0 Å². The van der Waals surface area contributed by atoms with Crippen LogP contribution in [0.1, 0.15) is 58.4 Å². The van der Waals surface area contributed by atoms with Gasteiger partial charge in [-0.15, -0.1) is 0 Å². The molecule has 0 radical (unpaired) electrons. The van der Waals surface area contributed by atoms with Gasteiger partial charge in [0.15, 0.2) is 0 Å². The first kappa shape index (κ1) is 14.4. The molecule has 1 aliphatic carbocycles. The minimum absolute atomic E-state index is 0.0419. The Balaban J connectivity index is 2.09. The van der Waals surface area contributed by atoms with E-state index >= 15 is 0 Å². The lowest BCUT2D eigenvalue weighted by Crippen LogP contribution is -2.44. The molecule has 2 aliphatic rings. The van der Waals surface area contributed by atoms with Crippen molar-refractivity contribution in [1.82, 2.24) is 0 Å². The van der Waals surface area contributed by atoms with E-state index in [0.29, 0.717) is 0 Å². The zero-order valence-corrected chi connectivity index (χ0v) is 13.6. The van der Waals surface area contributed by atoms with Gasteiger partial charge in [-0.1, -0.05) is 19.3 Å². The molecule has 21 heavy (non-hydrogen) atoms. The van der Waals surface area contributed by atoms with Crippen molar-refractivity contribution in [1.29, 1.82) is 0 Å². The number of benzene rings is 1. The van der Waals surface area contributed by atoms with Crippen molar-refractivity contribution >= 4 is 11.4 Å². The summed E-state index contributed by atoms with van der Waals surface area (Å²) in [5, 5.41) is 3.79. The lowest BCUT2D eigenvalue weighted by molar-refractivity contribution is 0.406. The standard InChI is InChI=1S/C18H26N2O/c1-17(2,3)20-16-14-9-8-13(21-4)12-15(14)19-18(16)10-6-5-7-11-18/h8-9,12,19H,5-7,10-11H2,1-4H3. The number of methoxy groups -OCH3 is 1. The van der Waals surface area contributed by atoms with Crippen molar-refractivity contribution in [2.75, 3.05) is 12.4 Å². The van der Waals surface area contributed by atoms with Gasteiger partial charge in [0.25, 0.3) is 0 Å². The van der Waals surface area contributed by atoms with E-state index in [1.54, 1.807) is 7.11 Å². The Morgan fingerprint density at radius 3 is 2.48 bits per heavy atom. The summed E-state index contributed by atoms with van der Waals surface area (Å²) in [6.07, 6.45) is 6.26. The van der Waals surface area contributed by atoms with Crippen LogP contribution < -0.4 is 10.1 Å². The van der Waals surface area contributed by atoms with Gasteiger partial charge in [-0.2, -0.15) is 0 Å². The Bertz CT molecular complexity index is 563. The van der Waals surface area contributed by atoms with E-state index in [9.17, 15) is 0 Å². The molecular formula is C18H26N2O. The van der Waals surface area contributed by atoms with Crippen LogP contribution in [0.2, 0.25) is 0 Å². The van der Waals surface area contributed by atoms with E-state index in [1.807, 2.05) is 6.07 Å². The van der Waals surface area contributed by atoms with Gasteiger partial charge in [0.2, 0.25) is 0 Å². The fourth-order valence-electron chi connectivity index (χ4n) is 3.55. The van der Waals surface area contributed by atoms with Gasteiger partial charge < -0.3 is 10.1 Å². The van der Waals surface area contributed by atoms with E-state index in [4.69, 9.17) is 9.73 Å². The molecule has 3 nitrogen and oxygen atoms in total. The normalized spacial score (nSPS) is 22.2. The molecule has 1 spiro atoms. The molecule has 1 heterocycles. The second-order valence-electron chi connectivity index (χ2n) is 7.31. The summed E-state index contributed by atoms with van der Waals surface area (Å²) < 4.78 is 5.37. The van der Waals surface area contributed by atoms with E-state index in [2.05, 4.69) is 38.2 Å². The number of ether oxygens (including phenoxy) is 1. The van der Waals surface area contributed by atoms with E-state index < -0.39 is 0 Å². The molecule has 1 aromatic rings. The maximum Gasteiger partial charge on any atom is 0.120 e. The first-order chi connectivity index (χ1) is 9.93. The molecule has 0 saturated heterocycles. The minimum atomic E-state index is -0.0526. The highest BCUT2D eigenvalue weighted by atomic mass is 16.5. The fourth-order valence-corrected chi connectivity index (χ4v) is 3.55. The van der Waals surface area contributed by atoms with Gasteiger partial charge in [0.05, 0.1) is 23.9 Å². The SMILES string of the molecule is COc1ccc2c(c1)NC1(CCCCC1)C2=NC(C)(C)C. The highest BCUT2D eigenvalue weighted by Gasteiger charge is 2.44. The lowest BCUT2D eigenvalue weighted by Gasteiger charge is -2.36. The van der Waals surface area contributed by atoms with Crippen molar-refractivity contribution in [3.05, 3.63) is 23.8 Å². The van der Waals surface area contributed by atoms with Gasteiger partial charge in [-0.05, 0) is 45.7 Å². The van der Waals surface area contributed by atoms with Gasteiger partial charge in [-0.3, -0.25) is 4.99 Å². The van der Waals surface area contributed by atoms with E-state index in [1.165, 1.54) is 49.1 Å². The molecule has 1 aromatic carbocycles. The number of aliphatic imine (C=N–C) groups is 1. The first-order valence-electron chi connectivity index (χ1n) is 8.00. The molecule has 3 heteroatoms. The Morgan fingerprint density at radius 1 is 1.14 bits per heavy atom. The maximum atomic E-state index is 5.37. The van der Waals surface area contributed by atoms with Crippen molar-refractivity contribution in [3.8, 4) is 5.75 Å². The van der Waals surface area contributed by atoms with Gasteiger partial charge >= 0.3 is 0 Å². The smallest absolute Gasteiger partial charge is 0.120 e. The zero-order chi connectivity index (χ0) is 15.1. The van der Waals surface area contributed by atoms with Crippen LogP contribution in [0.4, 0.5) is 5.69 Å². The summed E-state index contributed by atoms with van der Waals surface area (Å²) >= 11 is 0. The Hall–Kier alpha value is -1.51. The van der Waals surface area contributed by atoms with Crippen LogP contribution in [0.3, 0.4) is 0 Å². The maximum absolute atomic E-state index is 5.37. The fraction of sp³-hybridized carbons (Fsp3) is 0.611. The van der Waals surface area contributed by atoms with Crippen LogP contribution in [-0.4, -0.2) is 23.9 Å². The molecule has 1 aliphatic heterocycles. The second-order valence-corrected chi connectivity index (χ2v) is 7.31. The number of anilines is 1. The molecule has 0 atom stereocenters. The molecule has 1 N–H and O–H groups in total. The molecular weight excluding hydrogens is 260 g/mol. The highest BCUT2D eigenvalue weighted by molar-refractivity contribution is 6.17.